The SMILES string of the molecule is O=C(COc1ccc(Cl)c(F)c1)N[C@H]1CC[C@H](C(=O)N2CC[C@@H](OC(F)(F)F)C2)OC1. The quantitative estimate of drug-likeness (QED) is 0.650. The van der Waals surface area contributed by atoms with Gasteiger partial charge in [-0.25, -0.2) is 4.39 Å². The molecule has 2 fully saturated rings. The zero-order chi connectivity index (χ0) is 22.6. The molecule has 3 atom stereocenters. The topological polar surface area (TPSA) is 77.1 Å². The number of ether oxygens (including phenoxy) is 3. The number of likely N-dealkylation sites (tertiary alicyclic amines) is 1. The van der Waals surface area contributed by atoms with Crippen molar-refractivity contribution in [2.24, 2.45) is 0 Å². The van der Waals surface area contributed by atoms with Gasteiger partial charge in [-0.2, -0.15) is 0 Å². The summed E-state index contributed by atoms with van der Waals surface area (Å²) in [5.41, 5.74) is 0. The van der Waals surface area contributed by atoms with Crippen LogP contribution in [0.25, 0.3) is 0 Å². The second-order valence-corrected chi connectivity index (χ2v) is 7.69. The lowest BCUT2D eigenvalue weighted by Crippen LogP contribution is -2.48. The van der Waals surface area contributed by atoms with E-state index in [1.54, 1.807) is 0 Å². The van der Waals surface area contributed by atoms with Crippen molar-refractivity contribution in [3.63, 3.8) is 0 Å². The molecule has 2 aliphatic heterocycles. The Bertz CT molecular complexity index is 802. The van der Waals surface area contributed by atoms with E-state index in [2.05, 4.69) is 10.1 Å². The summed E-state index contributed by atoms with van der Waals surface area (Å²) in [6.07, 6.45) is -5.71. The Morgan fingerprint density at radius 3 is 2.68 bits per heavy atom. The van der Waals surface area contributed by atoms with E-state index in [4.69, 9.17) is 21.1 Å². The van der Waals surface area contributed by atoms with Gasteiger partial charge in [0.2, 0.25) is 0 Å². The zero-order valence-electron chi connectivity index (χ0n) is 16.3. The molecule has 1 aromatic rings. The lowest BCUT2D eigenvalue weighted by molar-refractivity contribution is -0.340. The third-order valence-electron chi connectivity index (χ3n) is 4.93. The zero-order valence-corrected chi connectivity index (χ0v) is 17.0. The van der Waals surface area contributed by atoms with E-state index in [-0.39, 0.29) is 55.4 Å². The minimum atomic E-state index is -4.73. The summed E-state index contributed by atoms with van der Waals surface area (Å²) >= 11 is 5.58. The number of hydrogen-bond donors (Lipinski definition) is 1. The molecular formula is C19H21ClF4N2O5. The number of carbonyl (C=O) groups is 2. The highest BCUT2D eigenvalue weighted by Crippen LogP contribution is 2.25. The Morgan fingerprint density at radius 1 is 1.26 bits per heavy atom. The van der Waals surface area contributed by atoms with Crippen molar-refractivity contribution in [3.8, 4) is 5.75 Å². The van der Waals surface area contributed by atoms with Crippen molar-refractivity contribution in [2.45, 2.75) is 43.9 Å². The number of nitrogens with one attached hydrogen (secondary N) is 1. The molecule has 2 amide bonds. The predicted molar refractivity (Wildman–Crippen MR) is 99.9 cm³/mol. The summed E-state index contributed by atoms with van der Waals surface area (Å²) in [6, 6.07) is 3.47. The van der Waals surface area contributed by atoms with Crippen LogP contribution in [0.1, 0.15) is 19.3 Å². The molecule has 1 aromatic carbocycles. The van der Waals surface area contributed by atoms with Crippen LogP contribution in [-0.2, 0) is 19.1 Å². The van der Waals surface area contributed by atoms with Gasteiger partial charge in [0, 0.05) is 19.2 Å². The molecule has 0 saturated carbocycles. The van der Waals surface area contributed by atoms with Crippen molar-refractivity contribution >= 4 is 23.4 Å². The van der Waals surface area contributed by atoms with Crippen LogP contribution in [0.5, 0.6) is 5.75 Å². The van der Waals surface area contributed by atoms with Gasteiger partial charge in [0.1, 0.15) is 17.7 Å². The van der Waals surface area contributed by atoms with Gasteiger partial charge in [-0.15, -0.1) is 13.2 Å². The molecule has 0 radical (unpaired) electrons. The fraction of sp³-hybridized carbons (Fsp3) is 0.579. The van der Waals surface area contributed by atoms with Gasteiger partial charge in [0.15, 0.2) is 6.61 Å². The molecule has 3 rings (SSSR count). The number of alkyl halides is 3. The first-order chi connectivity index (χ1) is 14.6. The van der Waals surface area contributed by atoms with E-state index in [0.717, 1.165) is 6.07 Å². The van der Waals surface area contributed by atoms with E-state index >= 15 is 0 Å². The van der Waals surface area contributed by atoms with Crippen molar-refractivity contribution in [1.29, 1.82) is 0 Å². The number of benzene rings is 1. The largest absolute Gasteiger partial charge is 0.522 e. The Balaban J connectivity index is 1.37. The fourth-order valence-electron chi connectivity index (χ4n) is 3.46. The first kappa shape index (κ1) is 23.6. The molecule has 2 saturated heterocycles. The minimum Gasteiger partial charge on any atom is -0.484 e. The number of carbonyl (C=O) groups excluding carboxylic acids is 2. The van der Waals surface area contributed by atoms with Crippen LogP contribution in [0.3, 0.4) is 0 Å². The van der Waals surface area contributed by atoms with Crippen LogP contribution in [0.4, 0.5) is 17.6 Å². The monoisotopic (exact) mass is 468 g/mol. The Morgan fingerprint density at radius 2 is 2.03 bits per heavy atom. The van der Waals surface area contributed by atoms with Crippen molar-refractivity contribution in [1.82, 2.24) is 10.2 Å². The van der Waals surface area contributed by atoms with Gasteiger partial charge in [-0.3, -0.25) is 14.3 Å². The first-order valence-corrected chi connectivity index (χ1v) is 10.0. The number of amides is 2. The molecule has 0 spiro atoms. The molecular weight excluding hydrogens is 448 g/mol. The van der Waals surface area contributed by atoms with Gasteiger partial charge in [0.05, 0.1) is 23.8 Å². The van der Waals surface area contributed by atoms with Crippen molar-refractivity contribution in [2.75, 3.05) is 26.3 Å². The average molecular weight is 469 g/mol. The number of rotatable bonds is 6. The number of hydrogen-bond acceptors (Lipinski definition) is 5. The molecule has 7 nitrogen and oxygen atoms in total. The minimum absolute atomic E-state index is 0.0578. The molecule has 0 unspecified atom stereocenters. The highest BCUT2D eigenvalue weighted by Gasteiger charge is 2.39. The van der Waals surface area contributed by atoms with Crippen LogP contribution in [0, 0.1) is 5.82 Å². The Labute approximate surface area is 180 Å². The van der Waals surface area contributed by atoms with Gasteiger partial charge < -0.3 is 19.7 Å². The summed E-state index contributed by atoms with van der Waals surface area (Å²) in [6.45, 7) is -0.231. The van der Waals surface area contributed by atoms with E-state index < -0.39 is 30.3 Å². The third kappa shape index (κ3) is 6.94. The summed E-state index contributed by atoms with van der Waals surface area (Å²) < 4.78 is 65.0. The lowest BCUT2D eigenvalue weighted by Gasteiger charge is -2.31. The van der Waals surface area contributed by atoms with E-state index in [1.165, 1.54) is 17.0 Å². The molecule has 1 N–H and O–H groups in total. The standard InChI is InChI=1S/C19H21ClF4N2O5/c20-14-3-2-12(7-15(14)21)29-10-17(27)25-11-1-4-16(30-9-11)18(28)26-6-5-13(8-26)31-19(22,23)24/h2-3,7,11,13,16H,1,4-6,8-10H2,(H,25,27)/t11-,13+,16+/m0/s1. The fourth-order valence-corrected chi connectivity index (χ4v) is 3.58. The first-order valence-electron chi connectivity index (χ1n) is 9.63. The second kappa shape index (κ2) is 10.0. The third-order valence-corrected chi connectivity index (χ3v) is 5.24. The van der Waals surface area contributed by atoms with Gasteiger partial charge in [0.25, 0.3) is 11.8 Å². The van der Waals surface area contributed by atoms with Crippen LogP contribution in [0.15, 0.2) is 18.2 Å². The van der Waals surface area contributed by atoms with Crippen molar-refractivity contribution in [3.05, 3.63) is 29.0 Å². The molecule has 0 aromatic heterocycles. The number of halogens is 5. The summed E-state index contributed by atoms with van der Waals surface area (Å²) in [7, 11) is 0. The molecule has 12 heteroatoms. The van der Waals surface area contributed by atoms with E-state index in [0.29, 0.717) is 12.8 Å². The molecule has 172 valence electrons. The lowest BCUT2D eigenvalue weighted by atomic mass is 10.0. The van der Waals surface area contributed by atoms with E-state index in [1.807, 2.05) is 0 Å². The smallest absolute Gasteiger partial charge is 0.484 e. The molecule has 31 heavy (non-hydrogen) atoms. The van der Waals surface area contributed by atoms with Crippen LogP contribution >= 0.6 is 11.6 Å². The molecule has 2 aliphatic rings. The van der Waals surface area contributed by atoms with Gasteiger partial charge in [-0.1, -0.05) is 11.6 Å². The molecule has 0 bridgehead atoms. The highest BCUT2D eigenvalue weighted by atomic mass is 35.5. The summed E-state index contributed by atoms with van der Waals surface area (Å²) in [5.74, 6) is -1.34. The Kier molecular flexibility index (Phi) is 7.60. The summed E-state index contributed by atoms with van der Waals surface area (Å²) in [5, 5.41) is 2.64. The van der Waals surface area contributed by atoms with Gasteiger partial charge in [-0.05, 0) is 31.4 Å². The highest BCUT2D eigenvalue weighted by molar-refractivity contribution is 6.30. The van der Waals surface area contributed by atoms with Crippen LogP contribution in [-0.4, -0.2) is 67.6 Å². The predicted octanol–water partition coefficient (Wildman–Crippen LogP) is 2.66. The molecule has 2 heterocycles. The van der Waals surface area contributed by atoms with Crippen LogP contribution < -0.4 is 10.1 Å². The van der Waals surface area contributed by atoms with Crippen molar-refractivity contribution < 1.29 is 41.4 Å². The van der Waals surface area contributed by atoms with Crippen LogP contribution in [0.2, 0.25) is 5.02 Å². The normalized spacial score (nSPS) is 24.2. The summed E-state index contributed by atoms with van der Waals surface area (Å²) in [4.78, 5) is 25.8. The maximum atomic E-state index is 13.4. The second-order valence-electron chi connectivity index (χ2n) is 7.29. The Hall–Kier alpha value is -2.11. The van der Waals surface area contributed by atoms with Gasteiger partial charge >= 0.3 is 6.36 Å². The maximum absolute atomic E-state index is 13.4. The average Bonchev–Trinajstić information content (AvgIpc) is 3.15. The van der Waals surface area contributed by atoms with E-state index in [9.17, 15) is 27.2 Å². The number of nitrogens with zero attached hydrogens (tertiary/aromatic N) is 1. The molecule has 0 aliphatic carbocycles. The maximum Gasteiger partial charge on any atom is 0.522 e.